The molecular formula is C13H10O4. The fourth-order valence-electron chi connectivity index (χ4n) is 1.04. The van der Waals surface area contributed by atoms with Crippen molar-refractivity contribution in [1.29, 1.82) is 0 Å². The molecule has 1 aromatic rings. The fraction of sp³-hybridized carbons (Fsp3) is 0.0769. The largest absolute Gasteiger partial charge is 0.497 e. The van der Waals surface area contributed by atoms with E-state index < -0.39 is 11.8 Å². The van der Waals surface area contributed by atoms with E-state index in [1.54, 1.807) is 43.4 Å². The standard InChI is InChI=1S/C13H10O4/c1-17-12-7-3-10(4-8-12)2-5-11(14)6-9-13(15)16/h2-5,7-8H,1H3,(H,15,16). The third kappa shape index (κ3) is 4.67. The number of ketones is 1. The molecule has 0 radical (unpaired) electrons. The Morgan fingerprint density at radius 3 is 2.41 bits per heavy atom. The van der Waals surface area contributed by atoms with Crippen LogP contribution in [0, 0.1) is 11.8 Å². The average molecular weight is 230 g/mol. The molecule has 1 aromatic carbocycles. The maximum Gasteiger partial charge on any atom is 0.382 e. The van der Waals surface area contributed by atoms with Gasteiger partial charge in [-0.15, -0.1) is 0 Å². The average Bonchev–Trinajstić information content (AvgIpc) is 2.34. The van der Waals surface area contributed by atoms with Gasteiger partial charge in [0.25, 0.3) is 0 Å². The molecule has 0 fully saturated rings. The van der Waals surface area contributed by atoms with E-state index >= 15 is 0 Å². The highest BCUT2D eigenvalue weighted by Gasteiger charge is 1.93. The maximum atomic E-state index is 11.1. The van der Waals surface area contributed by atoms with E-state index in [1.807, 2.05) is 5.92 Å². The molecule has 0 heterocycles. The zero-order valence-electron chi connectivity index (χ0n) is 9.14. The summed E-state index contributed by atoms with van der Waals surface area (Å²) in [6, 6.07) is 7.06. The summed E-state index contributed by atoms with van der Waals surface area (Å²) in [5.74, 6) is 2.57. The maximum absolute atomic E-state index is 11.1. The van der Waals surface area contributed by atoms with Crippen molar-refractivity contribution < 1.29 is 19.4 Å². The summed E-state index contributed by atoms with van der Waals surface area (Å²) in [5.41, 5.74) is 0.802. The molecule has 0 aliphatic rings. The van der Waals surface area contributed by atoms with Gasteiger partial charge in [0.1, 0.15) is 5.75 Å². The molecule has 0 saturated heterocycles. The number of carbonyl (C=O) groups is 2. The van der Waals surface area contributed by atoms with E-state index in [1.165, 1.54) is 6.08 Å². The second kappa shape index (κ2) is 6.13. The van der Waals surface area contributed by atoms with Gasteiger partial charge >= 0.3 is 5.97 Å². The number of rotatable bonds is 3. The van der Waals surface area contributed by atoms with E-state index in [9.17, 15) is 9.59 Å². The predicted molar refractivity (Wildman–Crippen MR) is 62.4 cm³/mol. The highest BCUT2D eigenvalue weighted by Crippen LogP contribution is 2.12. The van der Waals surface area contributed by atoms with Gasteiger partial charge in [-0.25, -0.2) is 4.79 Å². The lowest BCUT2D eigenvalue weighted by Crippen LogP contribution is -1.91. The van der Waals surface area contributed by atoms with Crippen molar-refractivity contribution in [2.45, 2.75) is 0 Å². The van der Waals surface area contributed by atoms with Crippen LogP contribution in [0.2, 0.25) is 0 Å². The van der Waals surface area contributed by atoms with Gasteiger partial charge in [-0.3, -0.25) is 4.79 Å². The van der Waals surface area contributed by atoms with Crippen LogP contribution in [-0.4, -0.2) is 24.0 Å². The first-order valence-electron chi connectivity index (χ1n) is 4.73. The van der Waals surface area contributed by atoms with Crippen LogP contribution in [0.15, 0.2) is 30.3 Å². The molecule has 0 aliphatic heterocycles. The molecule has 0 aromatic heterocycles. The lowest BCUT2D eigenvalue weighted by molar-refractivity contribution is -0.130. The SMILES string of the molecule is COc1ccc(C=CC(=O)C#CC(=O)O)cc1. The van der Waals surface area contributed by atoms with Crippen LogP contribution in [0.5, 0.6) is 5.75 Å². The molecule has 86 valence electrons. The molecule has 4 heteroatoms. The van der Waals surface area contributed by atoms with Crippen molar-refractivity contribution in [3.05, 3.63) is 35.9 Å². The smallest absolute Gasteiger partial charge is 0.382 e. The lowest BCUT2D eigenvalue weighted by Gasteiger charge is -1.98. The minimum atomic E-state index is -1.32. The summed E-state index contributed by atoms with van der Waals surface area (Å²) in [7, 11) is 1.57. The van der Waals surface area contributed by atoms with Crippen LogP contribution >= 0.6 is 0 Å². The van der Waals surface area contributed by atoms with Gasteiger partial charge in [-0.2, -0.15) is 0 Å². The predicted octanol–water partition coefficient (Wildman–Crippen LogP) is 1.37. The molecule has 0 aliphatic carbocycles. The number of carbonyl (C=O) groups excluding carboxylic acids is 1. The number of carboxylic acid groups (broad SMARTS) is 1. The highest BCUT2D eigenvalue weighted by molar-refractivity contribution is 6.09. The molecule has 0 spiro atoms. The van der Waals surface area contributed by atoms with Crippen molar-refractivity contribution in [3.63, 3.8) is 0 Å². The summed E-state index contributed by atoms with van der Waals surface area (Å²) >= 11 is 0. The van der Waals surface area contributed by atoms with Crippen molar-refractivity contribution in [2.24, 2.45) is 0 Å². The Hall–Kier alpha value is -2.54. The van der Waals surface area contributed by atoms with Gasteiger partial charge in [-0.1, -0.05) is 18.2 Å². The van der Waals surface area contributed by atoms with Crippen LogP contribution in [0.4, 0.5) is 0 Å². The summed E-state index contributed by atoms with van der Waals surface area (Å²) in [5, 5.41) is 8.24. The van der Waals surface area contributed by atoms with E-state index in [0.29, 0.717) is 0 Å². The van der Waals surface area contributed by atoms with Crippen LogP contribution < -0.4 is 4.74 Å². The first-order chi connectivity index (χ1) is 8.11. The number of benzene rings is 1. The number of carboxylic acids is 1. The van der Waals surface area contributed by atoms with Crippen LogP contribution in [-0.2, 0) is 9.59 Å². The molecule has 1 rings (SSSR count). The molecule has 0 amide bonds. The Balaban J connectivity index is 2.68. The Bertz CT molecular complexity index is 500. The summed E-state index contributed by atoms with van der Waals surface area (Å²) < 4.78 is 4.98. The van der Waals surface area contributed by atoms with E-state index in [4.69, 9.17) is 9.84 Å². The van der Waals surface area contributed by atoms with Crippen LogP contribution in [0.1, 0.15) is 5.56 Å². The quantitative estimate of drug-likeness (QED) is 0.484. The van der Waals surface area contributed by atoms with Gasteiger partial charge in [0.05, 0.1) is 7.11 Å². The van der Waals surface area contributed by atoms with Crippen LogP contribution in [0.25, 0.3) is 6.08 Å². The second-order valence-corrected chi connectivity index (χ2v) is 3.03. The summed E-state index contributed by atoms with van der Waals surface area (Å²) in [6.45, 7) is 0. The molecule has 4 nitrogen and oxygen atoms in total. The summed E-state index contributed by atoms with van der Waals surface area (Å²) in [4.78, 5) is 21.2. The minimum Gasteiger partial charge on any atom is -0.497 e. The molecule has 0 unspecified atom stereocenters. The first kappa shape index (κ1) is 12.5. The van der Waals surface area contributed by atoms with Gasteiger partial charge in [0.2, 0.25) is 5.78 Å². The first-order valence-corrected chi connectivity index (χ1v) is 4.73. The summed E-state index contributed by atoms with van der Waals surface area (Å²) in [6.07, 6.45) is 2.77. The molecular weight excluding hydrogens is 220 g/mol. The Kier molecular flexibility index (Phi) is 4.52. The number of allylic oxidation sites excluding steroid dienone is 1. The van der Waals surface area contributed by atoms with Gasteiger partial charge in [0, 0.05) is 5.92 Å². The van der Waals surface area contributed by atoms with Gasteiger partial charge in [0.15, 0.2) is 0 Å². The lowest BCUT2D eigenvalue weighted by atomic mass is 10.2. The van der Waals surface area contributed by atoms with Crippen molar-refractivity contribution in [2.75, 3.05) is 7.11 Å². The Morgan fingerprint density at radius 2 is 1.88 bits per heavy atom. The fourth-order valence-corrected chi connectivity index (χ4v) is 1.04. The normalized spacial score (nSPS) is 9.47. The minimum absolute atomic E-state index is 0.553. The van der Waals surface area contributed by atoms with Gasteiger partial charge in [-0.05, 0) is 29.7 Å². The van der Waals surface area contributed by atoms with Crippen molar-refractivity contribution >= 4 is 17.8 Å². The molecule has 1 N–H and O–H groups in total. The van der Waals surface area contributed by atoms with E-state index in [-0.39, 0.29) is 0 Å². The highest BCUT2D eigenvalue weighted by atomic mass is 16.5. The number of hydrogen-bond donors (Lipinski definition) is 1. The van der Waals surface area contributed by atoms with Crippen LogP contribution in [0.3, 0.4) is 0 Å². The van der Waals surface area contributed by atoms with E-state index in [2.05, 4.69) is 0 Å². The van der Waals surface area contributed by atoms with Gasteiger partial charge < -0.3 is 9.84 Å². The van der Waals surface area contributed by atoms with Crippen molar-refractivity contribution in [3.8, 4) is 17.6 Å². The number of ether oxygens (including phenoxy) is 1. The third-order valence-corrected chi connectivity index (χ3v) is 1.84. The molecule has 17 heavy (non-hydrogen) atoms. The topological polar surface area (TPSA) is 63.6 Å². The van der Waals surface area contributed by atoms with E-state index in [0.717, 1.165) is 11.3 Å². The molecule has 0 bridgehead atoms. The molecule has 0 atom stereocenters. The monoisotopic (exact) mass is 230 g/mol. The second-order valence-electron chi connectivity index (χ2n) is 3.03. The number of methoxy groups -OCH3 is 1. The molecule has 0 saturated carbocycles. The third-order valence-electron chi connectivity index (χ3n) is 1.84. The zero-order valence-corrected chi connectivity index (χ0v) is 9.14. The Labute approximate surface area is 98.5 Å². The number of hydrogen-bond acceptors (Lipinski definition) is 3. The zero-order chi connectivity index (χ0) is 12.7. The Morgan fingerprint density at radius 1 is 1.24 bits per heavy atom. The number of aliphatic carboxylic acids is 1. The van der Waals surface area contributed by atoms with Crippen molar-refractivity contribution in [1.82, 2.24) is 0 Å².